The molecule has 2 N–H and O–H groups in total. The maximum absolute atomic E-state index is 13.8. The maximum atomic E-state index is 13.8. The van der Waals surface area contributed by atoms with E-state index < -0.39 is 23.8 Å². The highest BCUT2D eigenvalue weighted by Crippen LogP contribution is 2.37. The number of amides is 3. The highest BCUT2D eigenvalue weighted by atomic mass is 35.5. The van der Waals surface area contributed by atoms with Crippen LogP contribution in [-0.4, -0.2) is 40.5 Å². The summed E-state index contributed by atoms with van der Waals surface area (Å²) in [5.74, 6) is -0.711. The molecule has 0 spiro atoms. The lowest BCUT2D eigenvalue weighted by atomic mass is 9.98. The lowest BCUT2D eigenvalue weighted by Crippen LogP contribution is -2.52. The average molecular weight is 514 g/mol. The monoisotopic (exact) mass is 513 g/mol. The first-order valence-electron chi connectivity index (χ1n) is 12.2. The molecule has 194 valence electrons. The van der Waals surface area contributed by atoms with Crippen molar-refractivity contribution in [1.82, 2.24) is 10.2 Å². The lowest BCUT2D eigenvalue weighted by molar-refractivity contribution is -0.141. The van der Waals surface area contributed by atoms with Crippen LogP contribution in [0.2, 0.25) is 5.02 Å². The van der Waals surface area contributed by atoms with Gasteiger partial charge in [-0.1, -0.05) is 41.9 Å². The van der Waals surface area contributed by atoms with Gasteiger partial charge < -0.3 is 20.3 Å². The molecule has 0 bridgehead atoms. The number of hydrogen-bond donors (Lipinski definition) is 2. The number of carbonyl (C=O) groups excluding carboxylic acids is 3. The molecule has 0 aromatic heterocycles. The molecular weight excluding hydrogens is 478 g/mol. The fourth-order valence-electron chi connectivity index (χ4n) is 4.00. The second-order valence-corrected chi connectivity index (χ2v) is 10.9. The van der Waals surface area contributed by atoms with E-state index in [2.05, 4.69) is 10.6 Å². The van der Waals surface area contributed by atoms with E-state index in [1.165, 1.54) is 0 Å². The van der Waals surface area contributed by atoms with E-state index in [0.717, 1.165) is 29.5 Å². The minimum atomic E-state index is -0.900. The highest BCUT2D eigenvalue weighted by Gasteiger charge is 2.43. The molecule has 8 heteroatoms. The third-order valence-corrected chi connectivity index (χ3v) is 6.46. The zero-order valence-corrected chi connectivity index (χ0v) is 22.8. The first-order chi connectivity index (χ1) is 16.8. The molecule has 0 saturated heterocycles. The Hall–Kier alpha value is -3.06. The molecule has 0 radical (unpaired) electrons. The van der Waals surface area contributed by atoms with Gasteiger partial charge in [-0.2, -0.15) is 0 Å². The standard InChI is InChI=1S/C28H36ClN3O4/c1-16-11-12-20(15-18(16)3)24(25(33)31-23-17(2)9-8-10-22(23)29)32(21-13-14-21)26(34)19(4)30-27(35)36-28(5,6)7/h8-12,15,19,21,24H,13-14H2,1-7H3,(H,30,35)(H,31,33). The quantitative estimate of drug-likeness (QED) is 0.486. The van der Waals surface area contributed by atoms with Crippen molar-refractivity contribution in [2.24, 2.45) is 0 Å². The van der Waals surface area contributed by atoms with Crippen LogP contribution < -0.4 is 10.6 Å². The number of nitrogens with zero attached hydrogens (tertiary/aromatic N) is 1. The number of ether oxygens (including phenoxy) is 1. The van der Waals surface area contributed by atoms with Gasteiger partial charge in [0.1, 0.15) is 17.7 Å². The van der Waals surface area contributed by atoms with Crippen LogP contribution in [0.4, 0.5) is 10.5 Å². The van der Waals surface area contributed by atoms with Crippen LogP contribution in [0.3, 0.4) is 0 Å². The summed E-state index contributed by atoms with van der Waals surface area (Å²) in [6.07, 6.45) is 0.882. The second kappa shape index (κ2) is 10.9. The first-order valence-corrected chi connectivity index (χ1v) is 12.6. The number of para-hydroxylation sites is 1. The number of benzene rings is 2. The molecule has 3 rings (SSSR count). The van der Waals surface area contributed by atoms with Crippen LogP contribution in [0.1, 0.15) is 68.8 Å². The number of anilines is 1. The molecule has 2 aromatic rings. The SMILES string of the molecule is Cc1ccc(C(C(=O)Nc2c(C)cccc2Cl)N(C(=O)C(C)NC(=O)OC(C)(C)C)C2CC2)cc1C. The molecule has 2 aromatic carbocycles. The zero-order chi connectivity index (χ0) is 26.8. The first kappa shape index (κ1) is 27.5. The molecule has 0 aliphatic heterocycles. The van der Waals surface area contributed by atoms with Gasteiger partial charge in [-0.25, -0.2) is 4.79 Å². The van der Waals surface area contributed by atoms with Gasteiger partial charge in [-0.05, 0) is 89.6 Å². The third kappa shape index (κ3) is 6.78. The van der Waals surface area contributed by atoms with Crippen molar-refractivity contribution in [2.75, 3.05) is 5.32 Å². The van der Waals surface area contributed by atoms with E-state index in [1.54, 1.807) is 38.7 Å². The molecule has 36 heavy (non-hydrogen) atoms. The minimum absolute atomic E-state index is 0.106. The molecule has 2 unspecified atom stereocenters. The maximum Gasteiger partial charge on any atom is 0.408 e. The Morgan fingerprint density at radius 1 is 1.03 bits per heavy atom. The van der Waals surface area contributed by atoms with E-state index in [-0.39, 0.29) is 17.9 Å². The van der Waals surface area contributed by atoms with Crippen LogP contribution in [0.25, 0.3) is 0 Å². The Bertz CT molecular complexity index is 1130. The van der Waals surface area contributed by atoms with Crippen LogP contribution in [0, 0.1) is 20.8 Å². The normalized spacial score (nSPS) is 15.0. The molecule has 2 atom stereocenters. The summed E-state index contributed by atoms with van der Waals surface area (Å²) < 4.78 is 5.33. The number of aryl methyl sites for hydroxylation is 3. The fourth-order valence-corrected chi connectivity index (χ4v) is 4.26. The number of hydrogen-bond acceptors (Lipinski definition) is 4. The largest absolute Gasteiger partial charge is 0.444 e. The van der Waals surface area contributed by atoms with Gasteiger partial charge in [-0.3, -0.25) is 9.59 Å². The minimum Gasteiger partial charge on any atom is -0.444 e. The van der Waals surface area contributed by atoms with Crippen molar-refractivity contribution in [2.45, 2.75) is 85.0 Å². The number of alkyl carbamates (subject to hydrolysis) is 1. The van der Waals surface area contributed by atoms with Gasteiger partial charge in [-0.15, -0.1) is 0 Å². The Morgan fingerprint density at radius 2 is 1.69 bits per heavy atom. The predicted molar refractivity (Wildman–Crippen MR) is 142 cm³/mol. The smallest absolute Gasteiger partial charge is 0.408 e. The molecule has 0 heterocycles. The average Bonchev–Trinajstić information content (AvgIpc) is 3.59. The van der Waals surface area contributed by atoms with Gasteiger partial charge in [0.2, 0.25) is 5.91 Å². The van der Waals surface area contributed by atoms with Crippen LogP contribution >= 0.6 is 11.6 Å². The van der Waals surface area contributed by atoms with Crippen molar-refractivity contribution in [3.05, 3.63) is 63.7 Å². The second-order valence-electron chi connectivity index (χ2n) is 10.5. The summed E-state index contributed by atoms with van der Waals surface area (Å²) in [5, 5.41) is 6.01. The lowest BCUT2D eigenvalue weighted by Gasteiger charge is -2.34. The van der Waals surface area contributed by atoms with E-state index in [4.69, 9.17) is 16.3 Å². The number of carbonyl (C=O) groups is 3. The molecule has 3 amide bonds. The van der Waals surface area contributed by atoms with Crippen molar-refractivity contribution in [3.63, 3.8) is 0 Å². The molecule has 1 saturated carbocycles. The number of halogens is 1. The van der Waals surface area contributed by atoms with Crippen molar-refractivity contribution < 1.29 is 19.1 Å². The molecule has 1 fully saturated rings. The summed E-state index contributed by atoms with van der Waals surface area (Å²) in [4.78, 5) is 41.5. The van der Waals surface area contributed by atoms with Gasteiger partial charge in [0.15, 0.2) is 0 Å². The Balaban J connectivity index is 1.97. The molecule has 1 aliphatic carbocycles. The summed E-state index contributed by atoms with van der Waals surface area (Å²) in [5.41, 5.74) is 3.44. The molecule has 1 aliphatic rings. The number of nitrogens with one attached hydrogen (secondary N) is 2. The topological polar surface area (TPSA) is 87.7 Å². The van der Waals surface area contributed by atoms with Crippen LogP contribution in [0.15, 0.2) is 36.4 Å². The summed E-state index contributed by atoms with van der Waals surface area (Å²) in [6.45, 7) is 12.7. The van der Waals surface area contributed by atoms with Crippen molar-refractivity contribution in [3.8, 4) is 0 Å². The Morgan fingerprint density at radius 3 is 2.25 bits per heavy atom. The Kier molecular flexibility index (Phi) is 8.34. The molecule has 7 nitrogen and oxygen atoms in total. The van der Waals surface area contributed by atoms with E-state index in [0.29, 0.717) is 16.3 Å². The summed E-state index contributed by atoms with van der Waals surface area (Å²) in [7, 11) is 0. The van der Waals surface area contributed by atoms with E-state index in [9.17, 15) is 14.4 Å². The third-order valence-electron chi connectivity index (χ3n) is 6.14. The summed E-state index contributed by atoms with van der Waals surface area (Å²) in [6, 6.07) is 9.27. The van der Waals surface area contributed by atoms with E-state index >= 15 is 0 Å². The van der Waals surface area contributed by atoms with Gasteiger partial charge in [0.25, 0.3) is 5.91 Å². The predicted octanol–water partition coefficient (Wildman–Crippen LogP) is 5.85. The van der Waals surface area contributed by atoms with Gasteiger partial charge in [0, 0.05) is 6.04 Å². The van der Waals surface area contributed by atoms with Gasteiger partial charge in [0.05, 0.1) is 10.7 Å². The van der Waals surface area contributed by atoms with Gasteiger partial charge >= 0.3 is 6.09 Å². The van der Waals surface area contributed by atoms with Crippen molar-refractivity contribution >= 4 is 35.2 Å². The van der Waals surface area contributed by atoms with E-state index in [1.807, 2.05) is 51.1 Å². The summed E-state index contributed by atoms with van der Waals surface area (Å²) >= 11 is 6.39. The highest BCUT2D eigenvalue weighted by molar-refractivity contribution is 6.34. The van der Waals surface area contributed by atoms with Crippen molar-refractivity contribution in [1.29, 1.82) is 0 Å². The van der Waals surface area contributed by atoms with Crippen LogP contribution in [-0.2, 0) is 14.3 Å². The Labute approximate surface area is 218 Å². The molecular formula is C28H36ClN3O4. The van der Waals surface area contributed by atoms with Crippen LogP contribution in [0.5, 0.6) is 0 Å². The number of rotatable bonds is 7. The zero-order valence-electron chi connectivity index (χ0n) is 22.1. The fraction of sp³-hybridized carbons (Fsp3) is 0.464.